The summed E-state index contributed by atoms with van der Waals surface area (Å²) in [6.07, 6.45) is 2.76. The average molecular weight is 157 g/mol. The van der Waals surface area contributed by atoms with Gasteiger partial charge in [-0.25, -0.2) is 0 Å². The van der Waals surface area contributed by atoms with Crippen molar-refractivity contribution in [3.63, 3.8) is 0 Å². The molecule has 0 bridgehead atoms. The van der Waals surface area contributed by atoms with E-state index < -0.39 is 5.60 Å². The number of nitrogens with zero attached hydrogens (tertiary/aromatic N) is 1. The van der Waals surface area contributed by atoms with Gasteiger partial charge in [0, 0.05) is 20.5 Å². The summed E-state index contributed by atoms with van der Waals surface area (Å²) in [7, 11) is 1.72. The zero-order chi connectivity index (χ0) is 8.48. The van der Waals surface area contributed by atoms with Crippen LogP contribution in [0, 0.1) is 0 Å². The van der Waals surface area contributed by atoms with Gasteiger partial charge in [-0.1, -0.05) is 0 Å². The fourth-order valence-corrected chi connectivity index (χ4v) is 1.30. The molecular formula is C8H15NO2. The summed E-state index contributed by atoms with van der Waals surface area (Å²) >= 11 is 0. The largest absolute Gasteiger partial charge is 0.388 e. The zero-order valence-corrected chi connectivity index (χ0v) is 7.13. The van der Waals surface area contributed by atoms with Gasteiger partial charge >= 0.3 is 0 Å². The van der Waals surface area contributed by atoms with Gasteiger partial charge in [-0.3, -0.25) is 4.79 Å². The highest BCUT2D eigenvalue weighted by molar-refractivity contribution is 5.72. The molecule has 0 spiro atoms. The van der Waals surface area contributed by atoms with Gasteiger partial charge in [0.2, 0.25) is 5.91 Å². The lowest BCUT2D eigenvalue weighted by molar-refractivity contribution is -0.133. The molecule has 0 aliphatic heterocycles. The minimum Gasteiger partial charge on any atom is -0.388 e. The number of amides is 1. The molecule has 0 aromatic rings. The third-order valence-corrected chi connectivity index (χ3v) is 2.35. The molecule has 1 rings (SSSR count). The van der Waals surface area contributed by atoms with Crippen LogP contribution in [0.5, 0.6) is 0 Å². The number of carbonyl (C=O) groups excluding carboxylic acids is 1. The van der Waals surface area contributed by atoms with Crippen molar-refractivity contribution in [3.05, 3.63) is 0 Å². The lowest BCUT2D eigenvalue weighted by Crippen LogP contribution is -2.47. The quantitative estimate of drug-likeness (QED) is 0.629. The maximum atomic E-state index is 10.8. The summed E-state index contributed by atoms with van der Waals surface area (Å²) in [5.74, 6) is 0.0188. The first-order valence-corrected chi connectivity index (χ1v) is 3.98. The average Bonchev–Trinajstić information content (AvgIpc) is 1.84. The number of carbonyl (C=O) groups is 1. The molecule has 0 unspecified atom stereocenters. The predicted molar refractivity (Wildman–Crippen MR) is 42.1 cm³/mol. The van der Waals surface area contributed by atoms with Gasteiger partial charge in [-0.2, -0.15) is 0 Å². The van der Waals surface area contributed by atoms with Crippen molar-refractivity contribution in [2.24, 2.45) is 0 Å². The molecule has 0 radical (unpaired) electrons. The van der Waals surface area contributed by atoms with E-state index >= 15 is 0 Å². The molecule has 0 aromatic carbocycles. The van der Waals surface area contributed by atoms with Crippen LogP contribution >= 0.6 is 0 Å². The molecule has 0 aromatic heterocycles. The lowest BCUT2D eigenvalue weighted by atomic mass is 9.80. The maximum Gasteiger partial charge on any atom is 0.219 e. The van der Waals surface area contributed by atoms with Crippen molar-refractivity contribution >= 4 is 5.91 Å². The molecule has 64 valence electrons. The van der Waals surface area contributed by atoms with Gasteiger partial charge in [-0.05, 0) is 19.3 Å². The number of hydrogen-bond acceptors (Lipinski definition) is 2. The fourth-order valence-electron chi connectivity index (χ4n) is 1.30. The molecule has 1 N–H and O–H groups in total. The first-order chi connectivity index (χ1) is 5.03. The topological polar surface area (TPSA) is 40.5 Å². The predicted octanol–water partition coefficient (Wildman–Crippen LogP) is 0.380. The van der Waals surface area contributed by atoms with Crippen molar-refractivity contribution in [3.8, 4) is 0 Å². The second kappa shape index (κ2) is 2.81. The van der Waals surface area contributed by atoms with E-state index in [1.165, 1.54) is 6.92 Å². The van der Waals surface area contributed by atoms with E-state index in [4.69, 9.17) is 0 Å². The van der Waals surface area contributed by atoms with Gasteiger partial charge in [-0.15, -0.1) is 0 Å². The van der Waals surface area contributed by atoms with Crippen molar-refractivity contribution in [1.82, 2.24) is 4.90 Å². The molecular weight excluding hydrogens is 142 g/mol. The van der Waals surface area contributed by atoms with Crippen LogP contribution in [0.3, 0.4) is 0 Å². The molecule has 0 saturated heterocycles. The van der Waals surface area contributed by atoms with Crippen LogP contribution in [0.15, 0.2) is 0 Å². The normalized spacial score (nSPS) is 20.6. The molecule has 3 heteroatoms. The van der Waals surface area contributed by atoms with Crippen LogP contribution in [-0.2, 0) is 4.79 Å². The summed E-state index contributed by atoms with van der Waals surface area (Å²) in [6.45, 7) is 2.00. The van der Waals surface area contributed by atoms with Gasteiger partial charge in [0.25, 0.3) is 0 Å². The Bertz CT molecular complexity index is 163. The zero-order valence-electron chi connectivity index (χ0n) is 7.13. The third-order valence-electron chi connectivity index (χ3n) is 2.35. The van der Waals surface area contributed by atoms with Gasteiger partial charge < -0.3 is 10.0 Å². The Labute approximate surface area is 67.0 Å². The van der Waals surface area contributed by atoms with E-state index in [0.29, 0.717) is 6.54 Å². The van der Waals surface area contributed by atoms with Crippen LogP contribution in [0.2, 0.25) is 0 Å². The van der Waals surface area contributed by atoms with E-state index in [0.717, 1.165) is 19.3 Å². The summed E-state index contributed by atoms with van der Waals surface area (Å²) < 4.78 is 0. The SMILES string of the molecule is CC(=O)N(C)CC1(O)CCC1. The minimum atomic E-state index is -0.569. The second-order valence-corrected chi connectivity index (χ2v) is 3.45. The van der Waals surface area contributed by atoms with E-state index in [-0.39, 0.29) is 5.91 Å². The van der Waals surface area contributed by atoms with Crippen molar-refractivity contribution in [1.29, 1.82) is 0 Å². The maximum absolute atomic E-state index is 10.8. The van der Waals surface area contributed by atoms with Crippen LogP contribution in [-0.4, -0.2) is 35.1 Å². The van der Waals surface area contributed by atoms with Crippen molar-refractivity contribution in [2.45, 2.75) is 31.8 Å². The number of rotatable bonds is 2. The van der Waals surface area contributed by atoms with Crippen LogP contribution < -0.4 is 0 Å². The van der Waals surface area contributed by atoms with Crippen molar-refractivity contribution < 1.29 is 9.90 Å². The van der Waals surface area contributed by atoms with Gasteiger partial charge in [0.05, 0.1) is 5.60 Å². The summed E-state index contributed by atoms with van der Waals surface area (Å²) in [4.78, 5) is 12.3. The lowest BCUT2D eigenvalue weighted by Gasteiger charge is -2.39. The Balaban J connectivity index is 2.35. The van der Waals surface area contributed by atoms with Gasteiger partial charge in [0.15, 0.2) is 0 Å². The Morgan fingerprint density at radius 3 is 2.45 bits per heavy atom. The first kappa shape index (κ1) is 8.53. The van der Waals surface area contributed by atoms with Crippen LogP contribution in [0.25, 0.3) is 0 Å². The molecule has 3 nitrogen and oxygen atoms in total. The summed E-state index contributed by atoms with van der Waals surface area (Å²) in [5, 5.41) is 9.64. The third kappa shape index (κ3) is 1.93. The highest BCUT2D eigenvalue weighted by atomic mass is 16.3. The number of likely N-dealkylation sites (N-methyl/N-ethyl adjacent to an activating group) is 1. The minimum absolute atomic E-state index is 0.0188. The summed E-state index contributed by atoms with van der Waals surface area (Å²) in [5.41, 5.74) is -0.569. The molecule has 1 fully saturated rings. The van der Waals surface area contributed by atoms with Crippen molar-refractivity contribution in [2.75, 3.05) is 13.6 Å². The number of aliphatic hydroxyl groups is 1. The molecule has 1 aliphatic carbocycles. The highest BCUT2D eigenvalue weighted by Crippen LogP contribution is 2.31. The molecule has 11 heavy (non-hydrogen) atoms. The Hall–Kier alpha value is -0.570. The van der Waals surface area contributed by atoms with E-state index in [1.807, 2.05) is 0 Å². The Kier molecular flexibility index (Phi) is 2.18. The molecule has 0 atom stereocenters. The smallest absolute Gasteiger partial charge is 0.219 e. The van der Waals surface area contributed by atoms with E-state index in [2.05, 4.69) is 0 Å². The summed E-state index contributed by atoms with van der Waals surface area (Å²) in [6, 6.07) is 0. The first-order valence-electron chi connectivity index (χ1n) is 3.98. The Morgan fingerprint density at radius 2 is 2.18 bits per heavy atom. The van der Waals surface area contributed by atoms with E-state index in [9.17, 15) is 9.90 Å². The highest BCUT2D eigenvalue weighted by Gasteiger charge is 2.35. The molecule has 1 amide bonds. The van der Waals surface area contributed by atoms with Gasteiger partial charge in [0.1, 0.15) is 0 Å². The van der Waals surface area contributed by atoms with Crippen LogP contribution in [0.4, 0.5) is 0 Å². The molecule has 1 saturated carbocycles. The second-order valence-electron chi connectivity index (χ2n) is 3.45. The van der Waals surface area contributed by atoms with E-state index in [1.54, 1.807) is 11.9 Å². The molecule has 1 aliphatic rings. The standard InChI is InChI=1S/C8H15NO2/c1-7(10)9(2)6-8(11)4-3-5-8/h11H,3-6H2,1-2H3. The monoisotopic (exact) mass is 157 g/mol. The Morgan fingerprint density at radius 1 is 1.64 bits per heavy atom. The number of hydrogen-bond donors (Lipinski definition) is 1. The molecule has 0 heterocycles. The fraction of sp³-hybridized carbons (Fsp3) is 0.875. The van der Waals surface area contributed by atoms with Crippen LogP contribution in [0.1, 0.15) is 26.2 Å².